The Morgan fingerprint density at radius 2 is 1.77 bits per heavy atom. The number of carbonyl (C=O) groups excluding carboxylic acids is 1. The highest BCUT2D eigenvalue weighted by molar-refractivity contribution is 5.95. The largest absolute Gasteiger partial charge is 0.391 e. The minimum absolute atomic E-state index is 0.111. The van der Waals surface area contributed by atoms with Crippen LogP contribution in [0.15, 0.2) is 66.7 Å². The molecule has 2 aromatic carbocycles. The van der Waals surface area contributed by atoms with E-state index in [4.69, 9.17) is 0 Å². The van der Waals surface area contributed by atoms with Gasteiger partial charge in [0.05, 0.1) is 11.6 Å². The zero-order valence-electron chi connectivity index (χ0n) is 16.2. The number of nitrogens with zero attached hydrogens (tertiary/aromatic N) is 3. The summed E-state index contributed by atoms with van der Waals surface area (Å²) >= 11 is 0. The van der Waals surface area contributed by atoms with E-state index >= 15 is 0 Å². The van der Waals surface area contributed by atoms with Crippen molar-refractivity contribution < 1.29 is 14.3 Å². The second-order valence-corrected chi connectivity index (χ2v) is 7.75. The maximum Gasteiger partial charge on any atom is 0.272 e. The highest BCUT2D eigenvalue weighted by atomic mass is 19.1. The molecule has 5 nitrogen and oxygen atoms in total. The SMILES string of the molecule is O=C(c1ccc2cccc(F)c2n1)N1C[C@@H](Cc2ccc3ccccc3n2)[C@H](O)C1. The van der Waals surface area contributed by atoms with Crippen LogP contribution in [0.1, 0.15) is 16.2 Å². The number of fused-ring (bicyclic) bond motifs is 2. The molecule has 0 unspecified atom stereocenters. The Hall–Kier alpha value is -3.38. The number of benzene rings is 2. The van der Waals surface area contributed by atoms with E-state index in [1.165, 1.54) is 6.07 Å². The third-order valence-corrected chi connectivity index (χ3v) is 5.71. The molecule has 0 saturated carbocycles. The summed E-state index contributed by atoms with van der Waals surface area (Å²) in [5.41, 5.74) is 2.17. The van der Waals surface area contributed by atoms with Gasteiger partial charge in [0.1, 0.15) is 17.0 Å². The van der Waals surface area contributed by atoms with Crippen LogP contribution in [0.5, 0.6) is 0 Å². The number of pyridine rings is 2. The number of carbonyl (C=O) groups is 1. The summed E-state index contributed by atoms with van der Waals surface area (Å²) in [7, 11) is 0. The fraction of sp³-hybridized carbons (Fsp3) is 0.208. The van der Waals surface area contributed by atoms with Crippen LogP contribution in [-0.2, 0) is 6.42 Å². The fourth-order valence-corrected chi connectivity index (χ4v) is 4.10. The maximum atomic E-state index is 14.0. The van der Waals surface area contributed by atoms with E-state index in [1.54, 1.807) is 29.2 Å². The predicted molar refractivity (Wildman–Crippen MR) is 113 cm³/mol. The molecule has 1 aliphatic heterocycles. The van der Waals surface area contributed by atoms with E-state index in [9.17, 15) is 14.3 Å². The molecule has 1 fully saturated rings. The van der Waals surface area contributed by atoms with Gasteiger partial charge in [-0.1, -0.05) is 42.5 Å². The number of β-amino-alcohol motifs (C(OH)–C–C–N with tert-alkyl or cyclic N) is 1. The molecule has 4 aromatic rings. The van der Waals surface area contributed by atoms with Gasteiger partial charge in [0.2, 0.25) is 0 Å². The number of halogens is 1. The zero-order chi connectivity index (χ0) is 20.7. The number of hydrogen-bond donors (Lipinski definition) is 1. The number of likely N-dealkylation sites (tertiary alicyclic amines) is 1. The van der Waals surface area contributed by atoms with Gasteiger partial charge >= 0.3 is 0 Å². The summed E-state index contributed by atoms with van der Waals surface area (Å²) in [6.45, 7) is 0.638. The second kappa shape index (κ2) is 7.46. The second-order valence-electron chi connectivity index (χ2n) is 7.75. The van der Waals surface area contributed by atoms with Crippen LogP contribution >= 0.6 is 0 Å². The number of amides is 1. The van der Waals surface area contributed by atoms with Crippen molar-refractivity contribution in [1.29, 1.82) is 0 Å². The van der Waals surface area contributed by atoms with Crippen molar-refractivity contribution in [3.05, 3.63) is 83.9 Å². The van der Waals surface area contributed by atoms with Gasteiger partial charge in [-0.25, -0.2) is 9.37 Å². The molecule has 6 heteroatoms. The minimum atomic E-state index is -0.639. The van der Waals surface area contributed by atoms with E-state index in [-0.39, 0.29) is 29.6 Å². The van der Waals surface area contributed by atoms with E-state index in [2.05, 4.69) is 9.97 Å². The number of para-hydroxylation sites is 2. The lowest BCUT2D eigenvalue weighted by Gasteiger charge is -2.16. The molecule has 150 valence electrons. The molecule has 0 spiro atoms. The lowest BCUT2D eigenvalue weighted by molar-refractivity contribution is 0.0759. The Morgan fingerprint density at radius 1 is 0.967 bits per heavy atom. The Labute approximate surface area is 172 Å². The van der Waals surface area contributed by atoms with Crippen LogP contribution in [0.4, 0.5) is 4.39 Å². The van der Waals surface area contributed by atoms with Crippen LogP contribution in [0.3, 0.4) is 0 Å². The number of hydrogen-bond acceptors (Lipinski definition) is 4. The quantitative estimate of drug-likeness (QED) is 0.570. The highest BCUT2D eigenvalue weighted by Gasteiger charge is 2.35. The van der Waals surface area contributed by atoms with Gasteiger partial charge < -0.3 is 10.0 Å². The van der Waals surface area contributed by atoms with Gasteiger partial charge in [-0.2, -0.15) is 0 Å². The number of aliphatic hydroxyl groups excluding tert-OH is 1. The summed E-state index contributed by atoms with van der Waals surface area (Å²) < 4.78 is 14.0. The van der Waals surface area contributed by atoms with Crippen LogP contribution in [0.25, 0.3) is 21.8 Å². The monoisotopic (exact) mass is 401 g/mol. The Bertz CT molecular complexity index is 1260. The zero-order valence-corrected chi connectivity index (χ0v) is 16.2. The Morgan fingerprint density at radius 3 is 2.67 bits per heavy atom. The lowest BCUT2D eigenvalue weighted by Crippen LogP contribution is -2.30. The van der Waals surface area contributed by atoms with Gasteiger partial charge in [-0.15, -0.1) is 0 Å². The fourth-order valence-electron chi connectivity index (χ4n) is 4.10. The molecule has 1 aliphatic rings. The van der Waals surface area contributed by atoms with Crippen molar-refractivity contribution in [3.8, 4) is 0 Å². The molecular formula is C24H20FN3O2. The van der Waals surface area contributed by atoms with Gasteiger partial charge in [0.25, 0.3) is 5.91 Å². The molecule has 2 aromatic heterocycles. The van der Waals surface area contributed by atoms with Crippen molar-refractivity contribution in [2.24, 2.45) is 5.92 Å². The molecule has 1 saturated heterocycles. The minimum Gasteiger partial charge on any atom is -0.391 e. The summed E-state index contributed by atoms with van der Waals surface area (Å²) in [6.07, 6.45) is -0.0605. The number of rotatable bonds is 3. The number of aromatic nitrogens is 2. The van der Waals surface area contributed by atoms with Crippen LogP contribution in [-0.4, -0.2) is 45.1 Å². The first-order chi connectivity index (χ1) is 14.6. The highest BCUT2D eigenvalue weighted by Crippen LogP contribution is 2.24. The molecule has 0 radical (unpaired) electrons. The molecule has 0 bridgehead atoms. The molecule has 2 atom stereocenters. The van der Waals surface area contributed by atoms with Gasteiger partial charge in [-0.05, 0) is 30.7 Å². The Kier molecular flexibility index (Phi) is 4.64. The summed E-state index contributed by atoms with van der Waals surface area (Å²) in [6, 6.07) is 19.9. The first kappa shape index (κ1) is 18.6. The van der Waals surface area contributed by atoms with Crippen LogP contribution in [0, 0.1) is 11.7 Å². The molecule has 30 heavy (non-hydrogen) atoms. The molecule has 0 aliphatic carbocycles. The average Bonchev–Trinajstić information content (AvgIpc) is 3.13. The third kappa shape index (κ3) is 3.39. The molecular weight excluding hydrogens is 381 g/mol. The van der Waals surface area contributed by atoms with Crippen molar-refractivity contribution >= 4 is 27.7 Å². The smallest absolute Gasteiger partial charge is 0.272 e. The van der Waals surface area contributed by atoms with Crippen molar-refractivity contribution in [2.45, 2.75) is 12.5 Å². The van der Waals surface area contributed by atoms with E-state index < -0.39 is 11.9 Å². The van der Waals surface area contributed by atoms with Crippen molar-refractivity contribution in [3.63, 3.8) is 0 Å². The average molecular weight is 401 g/mol. The van der Waals surface area contributed by atoms with Crippen molar-refractivity contribution in [2.75, 3.05) is 13.1 Å². The molecule has 1 N–H and O–H groups in total. The predicted octanol–water partition coefficient (Wildman–Crippen LogP) is 3.60. The molecule has 3 heterocycles. The first-order valence-corrected chi connectivity index (χ1v) is 9.96. The van der Waals surface area contributed by atoms with Gasteiger partial charge in [0, 0.05) is 35.5 Å². The summed E-state index contributed by atoms with van der Waals surface area (Å²) in [5.74, 6) is -0.864. The molecule has 5 rings (SSSR count). The van der Waals surface area contributed by atoms with Gasteiger partial charge in [-0.3, -0.25) is 9.78 Å². The molecule has 1 amide bonds. The third-order valence-electron chi connectivity index (χ3n) is 5.71. The number of aliphatic hydroxyl groups is 1. The summed E-state index contributed by atoms with van der Waals surface area (Å²) in [4.78, 5) is 23.4. The van der Waals surface area contributed by atoms with E-state index in [0.717, 1.165) is 16.6 Å². The standard InChI is InChI=1S/C24H20FN3O2/c25-19-6-3-5-16-9-11-21(27-23(16)19)24(30)28-13-17(22(29)14-28)12-18-10-8-15-4-1-2-7-20(15)26-18/h1-11,17,22,29H,12-14H2/t17-,22-/m1/s1. The lowest BCUT2D eigenvalue weighted by atomic mass is 9.99. The maximum absolute atomic E-state index is 14.0. The Balaban J connectivity index is 1.34. The van der Waals surface area contributed by atoms with Gasteiger partial charge in [0.15, 0.2) is 0 Å². The van der Waals surface area contributed by atoms with Crippen LogP contribution < -0.4 is 0 Å². The summed E-state index contributed by atoms with van der Waals surface area (Å²) in [5, 5.41) is 12.3. The van der Waals surface area contributed by atoms with E-state index in [1.807, 2.05) is 36.4 Å². The van der Waals surface area contributed by atoms with Crippen LogP contribution in [0.2, 0.25) is 0 Å². The normalized spacial score (nSPS) is 18.9. The topological polar surface area (TPSA) is 66.3 Å². The first-order valence-electron chi connectivity index (χ1n) is 9.96. The van der Waals surface area contributed by atoms with Crippen molar-refractivity contribution in [1.82, 2.24) is 14.9 Å². The van der Waals surface area contributed by atoms with E-state index in [0.29, 0.717) is 18.4 Å².